The van der Waals surface area contributed by atoms with Crippen molar-refractivity contribution in [2.75, 3.05) is 27.8 Å². The third-order valence-corrected chi connectivity index (χ3v) is 5.04. The Morgan fingerprint density at radius 2 is 1.67 bits per heavy atom. The minimum Gasteiger partial charge on any atom is -0.493 e. The minimum absolute atomic E-state index is 0. The van der Waals surface area contributed by atoms with Crippen LogP contribution in [0.4, 0.5) is 0 Å². The summed E-state index contributed by atoms with van der Waals surface area (Å²) in [5, 5.41) is 1.16. The van der Waals surface area contributed by atoms with Gasteiger partial charge in [-0.3, -0.25) is 0 Å². The van der Waals surface area contributed by atoms with E-state index in [1.165, 1.54) is 11.1 Å². The lowest BCUT2D eigenvalue weighted by atomic mass is 9.84. The van der Waals surface area contributed by atoms with Gasteiger partial charge in [0.05, 0.1) is 24.3 Å². The number of nitrogens with zero attached hydrogens (tertiary/aromatic N) is 1. The molecule has 3 nitrogen and oxygen atoms in total. The van der Waals surface area contributed by atoms with Gasteiger partial charge in [0.15, 0.2) is 11.5 Å². The van der Waals surface area contributed by atoms with Gasteiger partial charge in [-0.1, -0.05) is 29.3 Å². The lowest BCUT2D eigenvalue weighted by Gasteiger charge is -2.33. The van der Waals surface area contributed by atoms with E-state index in [1.807, 2.05) is 18.2 Å². The van der Waals surface area contributed by atoms with Crippen molar-refractivity contribution in [3.8, 4) is 11.5 Å². The number of benzene rings is 2. The molecule has 0 N–H and O–H groups in total. The number of hydrogen-bond donors (Lipinski definition) is 0. The van der Waals surface area contributed by atoms with Crippen LogP contribution in [0, 0.1) is 0 Å². The van der Waals surface area contributed by atoms with E-state index >= 15 is 0 Å². The van der Waals surface area contributed by atoms with Crippen LogP contribution in [0.25, 0.3) is 0 Å². The Morgan fingerprint density at radius 1 is 1.00 bits per heavy atom. The maximum absolute atomic E-state index is 6.21. The first-order valence-electron chi connectivity index (χ1n) is 7.41. The zero-order chi connectivity index (χ0) is 16.6. The second-order valence-electron chi connectivity index (χ2n) is 5.83. The highest BCUT2D eigenvalue weighted by Gasteiger charge is 2.27. The Balaban J connectivity index is 0.00000208. The van der Waals surface area contributed by atoms with E-state index in [0.29, 0.717) is 10.0 Å². The van der Waals surface area contributed by atoms with Crippen LogP contribution < -0.4 is 9.47 Å². The molecular formula is C18H20Cl3NO2. The maximum Gasteiger partial charge on any atom is 0.161 e. The van der Waals surface area contributed by atoms with Crippen LogP contribution >= 0.6 is 35.6 Å². The van der Waals surface area contributed by atoms with Crippen molar-refractivity contribution >= 4 is 35.6 Å². The Labute approximate surface area is 158 Å². The van der Waals surface area contributed by atoms with Crippen LogP contribution in [-0.4, -0.2) is 32.7 Å². The van der Waals surface area contributed by atoms with Gasteiger partial charge in [0, 0.05) is 19.0 Å². The van der Waals surface area contributed by atoms with Crippen molar-refractivity contribution in [3.05, 3.63) is 57.1 Å². The lowest BCUT2D eigenvalue weighted by molar-refractivity contribution is 0.291. The summed E-state index contributed by atoms with van der Waals surface area (Å²) >= 11 is 12.3. The molecule has 1 aliphatic heterocycles. The Bertz CT molecular complexity index is 736. The molecule has 0 spiro atoms. The molecule has 0 aromatic heterocycles. The average molecular weight is 389 g/mol. The second kappa shape index (κ2) is 7.83. The van der Waals surface area contributed by atoms with Gasteiger partial charge in [0.2, 0.25) is 0 Å². The van der Waals surface area contributed by atoms with Crippen LogP contribution in [0.2, 0.25) is 10.0 Å². The molecule has 2 aromatic carbocycles. The molecule has 0 saturated carbocycles. The normalized spacial score (nSPS) is 17.0. The van der Waals surface area contributed by atoms with Crippen LogP contribution in [0.15, 0.2) is 30.3 Å². The van der Waals surface area contributed by atoms with Gasteiger partial charge in [-0.2, -0.15) is 0 Å². The summed E-state index contributed by atoms with van der Waals surface area (Å²) in [6.07, 6.45) is 0. The first-order chi connectivity index (χ1) is 11.0. The number of methoxy groups -OCH3 is 2. The lowest BCUT2D eigenvalue weighted by Crippen LogP contribution is -2.31. The largest absolute Gasteiger partial charge is 0.493 e. The van der Waals surface area contributed by atoms with E-state index in [0.717, 1.165) is 30.2 Å². The summed E-state index contributed by atoms with van der Waals surface area (Å²) in [7, 11) is 5.44. The molecule has 0 aliphatic carbocycles. The van der Waals surface area contributed by atoms with Gasteiger partial charge < -0.3 is 14.4 Å². The van der Waals surface area contributed by atoms with Gasteiger partial charge >= 0.3 is 0 Å². The third kappa shape index (κ3) is 3.60. The summed E-state index contributed by atoms with van der Waals surface area (Å²) < 4.78 is 10.9. The first-order valence-corrected chi connectivity index (χ1v) is 8.17. The first kappa shape index (κ1) is 19.2. The molecular weight excluding hydrogens is 369 g/mol. The fraction of sp³-hybridized carbons (Fsp3) is 0.333. The topological polar surface area (TPSA) is 21.7 Å². The van der Waals surface area contributed by atoms with Crippen molar-refractivity contribution in [3.63, 3.8) is 0 Å². The smallest absolute Gasteiger partial charge is 0.161 e. The number of likely N-dealkylation sites (N-methyl/N-ethyl adjacent to an activating group) is 1. The van der Waals surface area contributed by atoms with Crippen molar-refractivity contribution < 1.29 is 9.47 Å². The molecule has 0 radical (unpaired) electrons. The predicted octanol–water partition coefficient (Wildman–Crippen LogP) is 5.01. The molecule has 6 heteroatoms. The highest BCUT2D eigenvalue weighted by Crippen LogP contribution is 2.40. The number of halogens is 3. The molecule has 1 unspecified atom stereocenters. The van der Waals surface area contributed by atoms with E-state index in [1.54, 1.807) is 14.2 Å². The number of fused-ring (bicyclic) bond motifs is 1. The van der Waals surface area contributed by atoms with Crippen molar-refractivity contribution in [1.82, 2.24) is 4.90 Å². The van der Waals surface area contributed by atoms with Gasteiger partial charge in [0.25, 0.3) is 0 Å². The van der Waals surface area contributed by atoms with Crippen molar-refractivity contribution in [2.45, 2.75) is 12.5 Å². The van der Waals surface area contributed by atoms with Gasteiger partial charge in [0.1, 0.15) is 0 Å². The molecule has 3 rings (SSSR count). The van der Waals surface area contributed by atoms with E-state index in [9.17, 15) is 0 Å². The Kier molecular flexibility index (Phi) is 6.27. The molecule has 0 saturated heterocycles. The average Bonchev–Trinajstić information content (AvgIpc) is 2.55. The van der Waals surface area contributed by atoms with E-state index in [2.05, 4.69) is 24.1 Å². The number of rotatable bonds is 3. The van der Waals surface area contributed by atoms with Gasteiger partial charge in [-0.05, 0) is 48.0 Å². The molecule has 130 valence electrons. The molecule has 2 aromatic rings. The molecule has 1 aliphatic rings. The molecule has 0 fully saturated rings. The van der Waals surface area contributed by atoms with E-state index < -0.39 is 0 Å². The summed E-state index contributed by atoms with van der Waals surface area (Å²) in [6.45, 7) is 1.80. The minimum atomic E-state index is 0. The Hall–Kier alpha value is -1.13. The van der Waals surface area contributed by atoms with E-state index in [-0.39, 0.29) is 18.3 Å². The fourth-order valence-corrected chi connectivity index (χ4v) is 3.48. The van der Waals surface area contributed by atoms with Crippen molar-refractivity contribution in [1.29, 1.82) is 0 Å². The van der Waals surface area contributed by atoms with E-state index in [4.69, 9.17) is 32.7 Å². The summed E-state index contributed by atoms with van der Waals surface area (Å²) in [5.41, 5.74) is 3.64. The zero-order valence-electron chi connectivity index (χ0n) is 13.8. The zero-order valence-corrected chi connectivity index (χ0v) is 16.1. The highest BCUT2D eigenvalue weighted by atomic mass is 35.5. The summed E-state index contributed by atoms with van der Waals surface area (Å²) in [4.78, 5) is 2.29. The van der Waals surface area contributed by atoms with Crippen molar-refractivity contribution in [2.24, 2.45) is 0 Å². The molecule has 1 atom stereocenters. The standard InChI is InChI=1S/C18H19Cl2NO2.ClH/c1-21-9-12-7-17(22-2)18(23-3)8-13(12)14(10-21)11-4-5-15(19)16(20)6-11;/h4-8,14H,9-10H2,1-3H3;1H. The Morgan fingerprint density at radius 3 is 2.29 bits per heavy atom. The fourth-order valence-electron chi connectivity index (χ4n) is 3.18. The highest BCUT2D eigenvalue weighted by molar-refractivity contribution is 6.42. The quantitative estimate of drug-likeness (QED) is 0.738. The number of ether oxygens (including phenoxy) is 2. The number of hydrogen-bond acceptors (Lipinski definition) is 3. The SMILES string of the molecule is COc1cc2c(cc1OC)C(c1ccc(Cl)c(Cl)c1)CN(C)C2.Cl. The second-order valence-corrected chi connectivity index (χ2v) is 6.64. The summed E-state index contributed by atoms with van der Waals surface area (Å²) in [6, 6.07) is 9.99. The van der Waals surface area contributed by atoms with Crippen LogP contribution in [-0.2, 0) is 6.54 Å². The maximum atomic E-state index is 6.21. The third-order valence-electron chi connectivity index (χ3n) is 4.30. The van der Waals surface area contributed by atoms with Gasteiger partial charge in [-0.15, -0.1) is 12.4 Å². The predicted molar refractivity (Wildman–Crippen MR) is 101 cm³/mol. The van der Waals surface area contributed by atoms with Gasteiger partial charge in [-0.25, -0.2) is 0 Å². The monoisotopic (exact) mass is 387 g/mol. The van der Waals surface area contributed by atoms with Crippen LogP contribution in [0.5, 0.6) is 11.5 Å². The molecule has 0 amide bonds. The molecule has 24 heavy (non-hydrogen) atoms. The van der Waals surface area contributed by atoms with Crippen LogP contribution in [0.1, 0.15) is 22.6 Å². The van der Waals surface area contributed by atoms with Crippen LogP contribution in [0.3, 0.4) is 0 Å². The molecule has 0 bridgehead atoms. The molecule has 1 heterocycles. The summed E-state index contributed by atoms with van der Waals surface area (Å²) in [5.74, 6) is 1.73.